The molecular weight excluding hydrogens is 350 g/mol. The standard InChI is InChI=1S/C19H33N3O5/c1-4-5-6-7-8-11-19(3)17(24)22(18(25)20-19)21-16(23)14(2)27-13-15-10-9-12-26-15/h14-15H,4-13H2,1-3H3,(H,20,25)(H,21,23). The molecule has 0 bridgehead atoms. The highest BCUT2D eigenvalue weighted by Crippen LogP contribution is 2.23. The number of nitrogens with zero attached hydrogens (tertiary/aromatic N) is 1. The first kappa shape index (κ1) is 21.6. The van der Waals surface area contributed by atoms with Gasteiger partial charge in [0.25, 0.3) is 11.8 Å². The summed E-state index contributed by atoms with van der Waals surface area (Å²) in [6.07, 6.45) is 7.00. The molecule has 8 heteroatoms. The van der Waals surface area contributed by atoms with Crippen molar-refractivity contribution in [1.29, 1.82) is 0 Å². The van der Waals surface area contributed by atoms with E-state index in [4.69, 9.17) is 9.47 Å². The van der Waals surface area contributed by atoms with Gasteiger partial charge in [0, 0.05) is 6.61 Å². The van der Waals surface area contributed by atoms with Crippen molar-refractivity contribution in [3.63, 3.8) is 0 Å². The fourth-order valence-corrected chi connectivity index (χ4v) is 3.34. The number of hydrazine groups is 1. The third kappa shape index (κ3) is 5.90. The number of carbonyl (C=O) groups excluding carboxylic acids is 3. The summed E-state index contributed by atoms with van der Waals surface area (Å²) in [7, 11) is 0. The number of hydrogen-bond acceptors (Lipinski definition) is 5. The summed E-state index contributed by atoms with van der Waals surface area (Å²) in [6, 6.07) is -0.601. The van der Waals surface area contributed by atoms with Crippen molar-refractivity contribution < 1.29 is 23.9 Å². The molecule has 154 valence electrons. The minimum Gasteiger partial charge on any atom is -0.376 e. The van der Waals surface area contributed by atoms with Gasteiger partial charge in [-0.1, -0.05) is 39.0 Å². The van der Waals surface area contributed by atoms with Crippen molar-refractivity contribution >= 4 is 17.8 Å². The molecule has 8 nitrogen and oxygen atoms in total. The second-order valence-electron chi connectivity index (χ2n) is 7.65. The summed E-state index contributed by atoms with van der Waals surface area (Å²) in [5.41, 5.74) is 1.41. The number of urea groups is 1. The number of nitrogens with one attached hydrogen (secondary N) is 2. The van der Waals surface area contributed by atoms with E-state index in [1.807, 2.05) is 0 Å². The fraction of sp³-hybridized carbons (Fsp3) is 0.842. The molecule has 2 heterocycles. The van der Waals surface area contributed by atoms with Crippen LogP contribution in [0.5, 0.6) is 0 Å². The number of imide groups is 1. The molecular formula is C19H33N3O5. The minimum absolute atomic E-state index is 0.00738. The molecule has 2 aliphatic rings. The second-order valence-corrected chi connectivity index (χ2v) is 7.65. The molecule has 2 rings (SSSR count). The van der Waals surface area contributed by atoms with Gasteiger partial charge in [0.15, 0.2) is 0 Å². The topological polar surface area (TPSA) is 97.0 Å². The van der Waals surface area contributed by atoms with Crippen LogP contribution in [-0.2, 0) is 19.1 Å². The zero-order valence-electron chi connectivity index (χ0n) is 16.7. The Morgan fingerprint density at radius 1 is 1.37 bits per heavy atom. The Labute approximate surface area is 161 Å². The first-order valence-corrected chi connectivity index (χ1v) is 10.1. The van der Waals surface area contributed by atoms with Crippen molar-refractivity contribution in [3.8, 4) is 0 Å². The van der Waals surface area contributed by atoms with E-state index in [2.05, 4.69) is 17.7 Å². The Kier molecular flexibility index (Phi) is 8.04. The lowest BCUT2D eigenvalue weighted by atomic mass is 9.94. The van der Waals surface area contributed by atoms with Crippen molar-refractivity contribution in [2.24, 2.45) is 0 Å². The summed E-state index contributed by atoms with van der Waals surface area (Å²) < 4.78 is 11.0. The van der Waals surface area contributed by atoms with E-state index in [-0.39, 0.29) is 6.10 Å². The highest BCUT2D eigenvalue weighted by Gasteiger charge is 2.48. The first-order valence-electron chi connectivity index (χ1n) is 10.1. The molecule has 2 N–H and O–H groups in total. The van der Waals surface area contributed by atoms with Crippen molar-refractivity contribution in [2.75, 3.05) is 13.2 Å². The van der Waals surface area contributed by atoms with Gasteiger partial charge in [-0.05, 0) is 33.1 Å². The third-order valence-electron chi connectivity index (χ3n) is 5.19. The number of ether oxygens (including phenoxy) is 2. The van der Waals surface area contributed by atoms with E-state index < -0.39 is 29.5 Å². The zero-order chi connectivity index (χ0) is 19.9. The molecule has 0 aliphatic carbocycles. The minimum atomic E-state index is -0.974. The van der Waals surface area contributed by atoms with E-state index in [9.17, 15) is 14.4 Å². The van der Waals surface area contributed by atoms with Crippen LogP contribution in [0.25, 0.3) is 0 Å². The molecule has 27 heavy (non-hydrogen) atoms. The van der Waals surface area contributed by atoms with Crippen LogP contribution >= 0.6 is 0 Å². The molecule has 3 atom stereocenters. The van der Waals surface area contributed by atoms with Gasteiger partial charge < -0.3 is 14.8 Å². The molecule has 2 saturated heterocycles. The quantitative estimate of drug-likeness (QED) is 0.421. The zero-order valence-corrected chi connectivity index (χ0v) is 16.7. The van der Waals surface area contributed by atoms with Gasteiger partial charge in [0.2, 0.25) is 0 Å². The van der Waals surface area contributed by atoms with E-state index in [0.29, 0.717) is 19.6 Å². The summed E-state index contributed by atoms with van der Waals surface area (Å²) in [5.74, 6) is -0.952. The normalized spacial score (nSPS) is 26.3. The van der Waals surface area contributed by atoms with Crippen LogP contribution in [0.3, 0.4) is 0 Å². The van der Waals surface area contributed by atoms with Gasteiger partial charge in [0.05, 0.1) is 12.7 Å². The van der Waals surface area contributed by atoms with Gasteiger partial charge >= 0.3 is 6.03 Å². The highest BCUT2D eigenvalue weighted by molar-refractivity contribution is 6.07. The molecule has 0 aromatic rings. The van der Waals surface area contributed by atoms with Crippen LogP contribution < -0.4 is 10.7 Å². The Morgan fingerprint density at radius 3 is 2.78 bits per heavy atom. The predicted molar refractivity (Wildman–Crippen MR) is 99.7 cm³/mol. The summed E-state index contributed by atoms with van der Waals surface area (Å²) >= 11 is 0. The number of rotatable bonds is 11. The molecule has 0 aromatic heterocycles. The van der Waals surface area contributed by atoms with Gasteiger partial charge in [0.1, 0.15) is 11.6 Å². The van der Waals surface area contributed by atoms with Crippen LogP contribution in [0.1, 0.15) is 72.1 Å². The van der Waals surface area contributed by atoms with E-state index in [1.165, 1.54) is 6.42 Å². The smallest absolute Gasteiger partial charge is 0.344 e. The van der Waals surface area contributed by atoms with Crippen LogP contribution in [0.4, 0.5) is 4.79 Å². The molecule has 3 unspecified atom stereocenters. The maximum absolute atomic E-state index is 12.6. The number of carbonyl (C=O) groups is 3. The molecule has 0 aromatic carbocycles. The average molecular weight is 383 g/mol. The Bertz CT molecular complexity index is 535. The first-order chi connectivity index (χ1) is 12.9. The largest absolute Gasteiger partial charge is 0.376 e. The van der Waals surface area contributed by atoms with Crippen molar-refractivity contribution in [3.05, 3.63) is 0 Å². The molecule has 2 aliphatic heterocycles. The third-order valence-corrected chi connectivity index (χ3v) is 5.19. The van der Waals surface area contributed by atoms with Gasteiger partial charge in [-0.25, -0.2) is 4.79 Å². The van der Waals surface area contributed by atoms with Crippen LogP contribution in [0.2, 0.25) is 0 Å². The SMILES string of the molecule is CCCCCCCC1(C)NC(=O)N(NC(=O)C(C)OCC2CCCO2)C1=O. The molecule has 2 fully saturated rings. The Morgan fingerprint density at radius 2 is 2.11 bits per heavy atom. The van der Waals surface area contributed by atoms with E-state index in [1.54, 1.807) is 13.8 Å². The highest BCUT2D eigenvalue weighted by atomic mass is 16.5. The lowest BCUT2D eigenvalue weighted by molar-refractivity contribution is -0.144. The summed E-state index contributed by atoms with van der Waals surface area (Å²) in [5, 5.41) is 3.48. The Hall–Kier alpha value is -1.67. The predicted octanol–water partition coefficient (Wildman–Crippen LogP) is 2.27. The monoisotopic (exact) mass is 383 g/mol. The van der Waals surface area contributed by atoms with Crippen LogP contribution in [0.15, 0.2) is 0 Å². The maximum Gasteiger partial charge on any atom is 0.344 e. The Balaban J connectivity index is 1.79. The summed E-state index contributed by atoms with van der Waals surface area (Å²) in [6.45, 7) is 6.48. The van der Waals surface area contributed by atoms with Gasteiger partial charge in [-0.2, -0.15) is 5.01 Å². The van der Waals surface area contributed by atoms with E-state index >= 15 is 0 Å². The van der Waals surface area contributed by atoms with Gasteiger partial charge in [-0.3, -0.25) is 15.0 Å². The van der Waals surface area contributed by atoms with Crippen molar-refractivity contribution in [2.45, 2.75) is 89.9 Å². The molecule has 0 spiro atoms. The molecule has 0 radical (unpaired) electrons. The van der Waals surface area contributed by atoms with E-state index in [0.717, 1.165) is 43.5 Å². The van der Waals surface area contributed by atoms with Gasteiger partial charge in [-0.15, -0.1) is 0 Å². The lowest BCUT2D eigenvalue weighted by Gasteiger charge is -2.22. The van der Waals surface area contributed by atoms with Crippen LogP contribution in [0, 0.1) is 0 Å². The number of hydrogen-bond donors (Lipinski definition) is 2. The average Bonchev–Trinajstić information content (AvgIpc) is 3.22. The molecule has 4 amide bonds. The van der Waals surface area contributed by atoms with Crippen LogP contribution in [-0.4, -0.2) is 53.8 Å². The fourth-order valence-electron chi connectivity index (χ4n) is 3.34. The lowest BCUT2D eigenvalue weighted by Crippen LogP contribution is -2.51. The number of amides is 4. The summed E-state index contributed by atoms with van der Waals surface area (Å²) in [4.78, 5) is 37.1. The second kappa shape index (κ2) is 10.0. The number of unbranched alkanes of at least 4 members (excludes halogenated alkanes) is 4. The van der Waals surface area contributed by atoms with Crippen molar-refractivity contribution in [1.82, 2.24) is 15.8 Å². The maximum atomic E-state index is 12.6. The molecule has 0 saturated carbocycles.